The molecule has 2 rings (SSSR count). The number of hydrogen-bond donors (Lipinski definition) is 1. The van der Waals surface area contributed by atoms with Gasteiger partial charge >= 0.3 is 0 Å². The van der Waals surface area contributed by atoms with Gasteiger partial charge in [0, 0.05) is 25.4 Å². The highest BCUT2D eigenvalue weighted by atomic mass is 32.3. The first-order chi connectivity index (χ1) is 8.78. The van der Waals surface area contributed by atoms with Crippen molar-refractivity contribution in [3.63, 3.8) is 0 Å². The predicted octanol–water partition coefficient (Wildman–Crippen LogP) is -0.218. The Morgan fingerprint density at radius 2 is 1.89 bits per heavy atom. The molecule has 2 unspecified atom stereocenters. The molecule has 1 N–H and O–H groups in total. The number of hydrogen-bond acceptors (Lipinski definition) is 5. The van der Waals surface area contributed by atoms with Crippen LogP contribution in [0.15, 0.2) is 0 Å². The van der Waals surface area contributed by atoms with Crippen molar-refractivity contribution in [3.05, 3.63) is 0 Å². The third-order valence-electron chi connectivity index (χ3n) is 3.84. The zero-order valence-corrected chi connectivity index (χ0v) is 12.8. The second kappa shape index (κ2) is 5.67. The van der Waals surface area contributed by atoms with Crippen molar-refractivity contribution >= 4 is 19.9 Å². The van der Waals surface area contributed by atoms with Crippen molar-refractivity contribution < 1.29 is 16.8 Å². The largest absolute Gasteiger partial charge is 0.314 e. The summed E-state index contributed by atoms with van der Waals surface area (Å²) in [6.45, 7) is 1.90. The monoisotopic (exact) mass is 310 g/mol. The lowest BCUT2D eigenvalue weighted by molar-refractivity contribution is 0.227. The smallest absolute Gasteiger partial charge is 0.228 e. The molecule has 0 saturated carbocycles. The van der Waals surface area contributed by atoms with Crippen molar-refractivity contribution in [2.45, 2.75) is 31.7 Å². The Balaban J connectivity index is 2.04. The van der Waals surface area contributed by atoms with E-state index in [1.165, 1.54) is 4.31 Å². The Labute approximate surface area is 115 Å². The Kier molecular flexibility index (Phi) is 4.54. The van der Waals surface area contributed by atoms with Crippen LogP contribution in [0.2, 0.25) is 0 Å². The van der Waals surface area contributed by atoms with Crippen LogP contribution < -0.4 is 5.32 Å². The van der Waals surface area contributed by atoms with Gasteiger partial charge < -0.3 is 5.32 Å². The molecule has 2 fully saturated rings. The van der Waals surface area contributed by atoms with E-state index in [-0.39, 0.29) is 0 Å². The number of piperidine rings is 1. The molecule has 2 aliphatic rings. The summed E-state index contributed by atoms with van der Waals surface area (Å²) < 4.78 is 48.0. The number of nitrogens with zero attached hydrogens (tertiary/aromatic N) is 1. The SMILES string of the molecule is CS(=O)(=O)CS(=O)(=O)N1CCCC(C2CCCN2)C1. The lowest BCUT2D eigenvalue weighted by Gasteiger charge is -2.34. The van der Waals surface area contributed by atoms with E-state index >= 15 is 0 Å². The summed E-state index contributed by atoms with van der Waals surface area (Å²) >= 11 is 0. The van der Waals surface area contributed by atoms with Crippen LogP contribution in [0.1, 0.15) is 25.7 Å². The fourth-order valence-corrected chi connectivity index (χ4v) is 6.60. The lowest BCUT2D eigenvalue weighted by atomic mass is 9.91. The van der Waals surface area contributed by atoms with Crippen LogP contribution in [0, 0.1) is 5.92 Å². The van der Waals surface area contributed by atoms with Crippen molar-refractivity contribution in [2.24, 2.45) is 5.92 Å². The highest BCUT2D eigenvalue weighted by molar-refractivity contribution is 8.06. The first kappa shape index (κ1) is 15.2. The van der Waals surface area contributed by atoms with E-state index < -0.39 is 24.9 Å². The molecule has 2 saturated heterocycles. The average molecular weight is 310 g/mol. The van der Waals surface area contributed by atoms with Crippen molar-refractivity contribution in [1.29, 1.82) is 0 Å². The standard InChI is InChI=1S/C11H22N2O4S2/c1-18(14,15)9-19(16,17)13-7-3-4-10(8-13)11-5-2-6-12-11/h10-12H,2-9H2,1H3. The lowest BCUT2D eigenvalue weighted by Crippen LogP contribution is -2.47. The Morgan fingerprint density at radius 1 is 1.16 bits per heavy atom. The van der Waals surface area contributed by atoms with Gasteiger partial charge in [-0.1, -0.05) is 0 Å². The van der Waals surface area contributed by atoms with Gasteiger partial charge in [-0.15, -0.1) is 0 Å². The summed E-state index contributed by atoms with van der Waals surface area (Å²) in [6, 6.07) is 0.385. The summed E-state index contributed by atoms with van der Waals surface area (Å²) in [5.74, 6) is 0.311. The molecule has 0 spiro atoms. The maximum absolute atomic E-state index is 12.1. The van der Waals surface area contributed by atoms with Gasteiger partial charge in [0.25, 0.3) is 0 Å². The molecular weight excluding hydrogens is 288 g/mol. The second-order valence-corrected chi connectivity index (χ2v) is 10.1. The molecule has 2 atom stereocenters. The van der Waals surface area contributed by atoms with Crippen molar-refractivity contribution in [1.82, 2.24) is 9.62 Å². The molecule has 0 aromatic carbocycles. The Morgan fingerprint density at radius 3 is 2.47 bits per heavy atom. The molecule has 6 nitrogen and oxygen atoms in total. The van der Waals surface area contributed by atoms with E-state index in [9.17, 15) is 16.8 Å². The van der Waals surface area contributed by atoms with E-state index in [0.717, 1.165) is 38.5 Å². The number of sulfone groups is 1. The maximum Gasteiger partial charge on any atom is 0.228 e. The molecule has 8 heteroatoms. The van der Waals surface area contributed by atoms with E-state index in [0.29, 0.717) is 25.0 Å². The zero-order valence-electron chi connectivity index (χ0n) is 11.2. The van der Waals surface area contributed by atoms with Crippen LogP contribution in [0.5, 0.6) is 0 Å². The van der Waals surface area contributed by atoms with Gasteiger partial charge in [-0.2, -0.15) is 0 Å². The molecule has 112 valence electrons. The third kappa shape index (κ3) is 4.14. The molecule has 2 heterocycles. The van der Waals surface area contributed by atoms with Crippen molar-refractivity contribution in [2.75, 3.05) is 31.0 Å². The highest BCUT2D eigenvalue weighted by Crippen LogP contribution is 2.26. The van der Waals surface area contributed by atoms with Gasteiger partial charge in [0.1, 0.15) is 0 Å². The molecule has 0 aliphatic carbocycles. The maximum atomic E-state index is 12.1. The quantitative estimate of drug-likeness (QED) is 0.776. The van der Waals surface area contributed by atoms with Gasteiger partial charge in [-0.3, -0.25) is 0 Å². The molecule has 0 aromatic heterocycles. The minimum Gasteiger partial charge on any atom is -0.314 e. The summed E-state index contributed by atoms with van der Waals surface area (Å²) in [5.41, 5.74) is 0. The molecular formula is C11H22N2O4S2. The molecule has 19 heavy (non-hydrogen) atoms. The summed E-state index contributed by atoms with van der Waals surface area (Å²) in [7, 11) is -7.20. The van der Waals surface area contributed by atoms with Crippen LogP contribution in [-0.4, -0.2) is 58.2 Å². The van der Waals surface area contributed by atoms with E-state index in [4.69, 9.17) is 0 Å². The molecule has 0 radical (unpaired) electrons. The Bertz CT molecular complexity index is 509. The third-order valence-corrected chi connectivity index (χ3v) is 7.87. The Hall–Kier alpha value is -0.180. The minimum absolute atomic E-state index is 0.311. The number of sulfonamides is 1. The number of rotatable bonds is 4. The minimum atomic E-state index is -3.69. The van der Waals surface area contributed by atoms with Crippen molar-refractivity contribution in [3.8, 4) is 0 Å². The fraction of sp³-hybridized carbons (Fsp3) is 1.00. The zero-order chi connectivity index (χ0) is 14.1. The van der Waals surface area contributed by atoms with E-state index in [2.05, 4.69) is 5.32 Å². The van der Waals surface area contributed by atoms with Crippen LogP contribution in [0.4, 0.5) is 0 Å². The number of nitrogens with one attached hydrogen (secondary N) is 1. The topological polar surface area (TPSA) is 83.5 Å². The molecule has 0 amide bonds. The van der Waals surface area contributed by atoms with E-state index in [1.54, 1.807) is 0 Å². The summed E-state index contributed by atoms with van der Waals surface area (Å²) in [6.07, 6.45) is 5.01. The molecule has 0 aromatic rings. The van der Waals surface area contributed by atoms with Crippen LogP contribution >= 0.6 is 0 Å². The fourth-order valence-electron chi connectivity index (χ4n) is 3.01. The van der Waals surface area contributed by atoms with Crippen LogP contribution in [0.25, 0.3) is 0 Å². The van der Waals surface area contributed by atoms with Gasteiger partial charge in [-0.25, -0.2) is 21.1 Å². The second-order valence-electron chi connectivity index (χ2n) is 5.62. The van der Waals surface area contributed by atoms with Gasteiger partial charge in [0.15, 0.2) is 14.9 Å². The molecule has 2 aliphatic heterocycles. The van der Waals surface area contributed by atoms with Crippen LogP contribution in [-0.2, 0) is 19.9 Å². The van der Waals surface area contributed by atoms with E-state index in [1.807, 2.05) is 0 Å². The normalized spacial score (nSPS) is 30.6. The highest BCUT2D eigenvalue weighted by Gasteiger charge is 2.35. The first-order valence-electron chi connectivity index (χ1n) is 6.67. The predicted molar refractivity (Wildman–Crippen MR) is 74.0 cm³/mol. The summed E-state index contributed by atoms with van der Waals surface area (Å²) in [5, 5.41) is 2.63. The average Bonchev–Trinajstić information content (AvgIpc) is 2.79. The first-order valence-corrected chi connectivity index (χ1v) is 10.3. The van der Waals surface area contributed by atoms with Crippen LogP contribution in [0.3, 0.4) is 0 Å². The summed E-state index contributed by atoms with van der Waals surface area (Å²) in [4.78, 5) is 0. The van der Waals surface area contributed by atoms with Gasteiger partial charge in [0.2, 0.25) is 10.0 Å². The molecule has 0 bridgehead atoms. The van der Waals surface area contributed by atoms with Gasteiger partial charge in [0.05, 0.1) is 0 Å². The van der Waals surface area contributed by atoms with Gasteiger partial charge in [-0.05, 0) is 38.1 Å².